The molecule has 2 aromatic heterocycles. The van der Waals surface area contributed by atoms with Crippen molar-refractivity contribution < 1.29 is 23.7 Å². The molecule has 0 spiro atoms. The number of ether oxygens (including phenoxy) is 1. The number of aryl methyl sites for hydroxylation is 3. The summed E-state index contributed by atoms with van der Waals surface area (Å²) in [7, 11) is -1.55. The highest BCUT2D eigenvalue weighted by molar-refractivity contribution is 8.22. The standard InChI is InChI=1S/C27H31N5O5S/c1-16-9-10-19(21(12-25(33)34)22-13-28-27-26(18(22)3)29-30-31(27)4)11-20(16)15-32-14-17(2)37-23-7-5-6-8-24(23)38(32,35)36/h5-11,13,17,21,35-36H,12,14-15H2,1-4H3,(H,33,34). The summed E-state index contributed by atoms with van der Waals surface area (Å²) in [5.74, 6) is -0.935. The Labute approximate surface area is 222 Å². The Balaban J connectivity index is 1.54. The quantitative estimate of drug-likeness (QED) is 0.314. The first-order valence-electron chi connectivity index (χ1n) is 12.3. The molecule has 38 heavy (non-hydrogen) atoms. The van der Waals surface area contributed by atoms with Crippen molar-refractivity contribution in [2.24, 2.45) is 7.05 Å². The van der Waals surface area contributed by atoms with Crippen molar-refractivity contribution in [2.45, 2.75) is 50.7 Å². The van der Waals surface area contributed by atoms with Crippen LogP contribution in [-0.4, -0.2) is 57.1 Å². The van der Waals surface area contributed by atoms with Crippen molar-refractivity contribution in [2.75, 3.05) is 6.54 Å². The molecule has 0 saturated carbocycles. The zero-order valence-corrected chi connectivity index (χ0v) is 22.5. The number of rotatable bonds is 6. The lowest BCUT2D eigenvalue weighted by atomic mass is 9.85. The number of pyridine rings is 1. The summed E-state index contributed by atoms with van der Waals surface area (Å²) in [6.07, 6.45) is 1.31. The third-order valence-electron chi connectivity index (χ3n) is 7.08. The van der Waals surface area contributed by atoms with Gasteiger partial charge < -0.3 is 9.84 Å². The van der Waals surface area contributed by atoms with E-state index in [-0.39, 0.29) is 19.1 Å². The summed E-state index contributed by atoms with van der Waals surface area (Å²) in [6, 6.07) is 12.8. The molecule has 5 rings (SSSR count). The number of para-hydroxylation sites is 1. The molecule has 0 fully saturated rings. The maximum absolute atomic E-state index is 11.9. The number of carboxylic acid groups (broad SMARTS) is 1. The number of nitrogens with zero attached hydrogens (tertiary/aromatic N) is 5. The number of carboxylic acids is 1. The Hall–Kier alpha value is -3.51. The van der Waals surface area contributed by atoms with Gasteiger partial charge >= 0.3 is 5.97 Å². The topological polar surface area (TPSA) is 134 Å². The van der Waals surface area contributed by atoms with Crippen LogP contribution < -0.4 is 4.74 Å². The van der Waals surface area contributed by atoms with E-state index in [1.165, 1.54) is 0 Å². The van der Waals surface area contributed by atoms with Gasteiger partial charge in [-0.3, -0.25) is 13.9 Å². The second-order valence-electron chi connectivity index (χ2n) is 9.78. The van der Waals surface area contributed by atoms with Gasteiger partial charge in [0.15, 0.2) is 5.65 Å². The molecule has 0 saturated heterocycles. The van der Waals surface area contributed by atoms with Crippen LogP contribution in [0.15, 0.2) is 53.6 Å². The molecule has 2 atom stereocenters. The minimum Gasteiger partial charge on any atom is -0.487 e. The Bertz CT molecular complexity index is 1520. The second kappa shape index (κ2) is 9.99. The van der Waals surface area contributed by atoms with E-state index in [0.29, 0.717) is 28.4 Å². The Kier molecular flexibility index (Phi) is 6.86. The molecular formula is C27H31N5O5S. The average Bonchev–Trinajstić information content (AvgIpc) is 3.21. The molecule has 0 radical (unpaired) electrons. The number of aliphatic carboxylic acids is 1. The smallest absolute Gasteiger partial charge is 0.304 e. The molecule has 0 amide bonds. The molecule has 2 unspecified atom stereocenters. The molecule has 2 aromatic carbocycles. The third kappa shape index (κ3) is 4.73. The van der Waals surface area contributed by atoms with Gasteiger partial charge in [0.25, 0.3) is 0 Å². The first-order valence-corrected chi connectivity index (χ1v) is 13.8. The zero-order valence-electron chi connectivity index (χ0n) is 21.7. The van der Waals surface area contributed by atoms with Crippen LogP contribution in [0.3, 0.4) is 0 Å². The Morgan fingerprint density at radius 2 is 1.97 bits per heavy atom. The van der Waals surface area contributed by atoms with Crippen molar-refractivity contribution in [3.8, 4) is 5.75 Å². The van der Waals surface area contributed by atoms with Crippen LogP contribution in [0.2, 0.25) is 0 Å². The first-order chi connectivity index (χ1) is 18.1. The van der Waals surface area contributed by atoms with Gasteiger partial charge in [-0.2, -0.15) is 4.31 Å². The van der Waals surface area contributed by atoms with Gasteiger partial charge in [0.05, 0.1) is 13.0 Å². The summed E-state index contributed by atoms with van der Waals surface area (Å²) < 4.78 is 31.9. The number of fused-ring (bicyclic) bond motifs is 2. The van der Waals surface area contributed by atoms with Gasteiger partial charge in [0.2, 0.25) is 0 Å². The summed E-state index contributed by atoms with van der Waals surface area (Å²) in [6.45, 7) is 6.33. The van der Waals surface area contributed by atoms with E-state index in [4.69, 9.17) is 4.74 Å². The van der Waals surface area contributed by atoms with Crippen LogP contribution in [-0.2, 0) is 18.4 Å². The predicted octanol–water partition coefficient (Wildman–Crippen LogP) is 4.89. The molecule has 3 heterocycles. The monoisotopic (exact) mass is 537 g/mol. The van der Waals surface area contributed by atoms with Gasteiger partial charge in [-0.05, 0) is 60.7 Å². The van der Waals surface area contributed by atoms with Crippen LogP contribution in [0.5, 0.6) is 5.75 Å². The molecule has 200 valence electrons. The number of benzene rings is 2. The fourth-order valence-electron chi connectivity index (χ4n) is 5.02. The highest BCUT2D eigenvalue weighted by Crippen LogP contribution is 2.57. The van der Waals surface area contributed by atoms with Crippen LogP contribution in [0, 0.1) is 13.8 Å². The molecule has 4 aromatic rings. The highest BCUT2D eigenvalue weighted by Gasteiger charge is 2.34. The largest absolute Gasteiger partial charge is 0.487 e. The lowest BCUT2D eigenvalue weighted by Gasteiger charge is -2.42. The normalized spacial score (nSPS) is 18.8. The van der Waals surface area contributed by atoms with E-state index in [9.17, 15) is 19.0 Å². The van der Waals surface area contributed by atoms with E-state index >= 15 is 0 Å². The molecular weight excluding hydrogens is 506 g/mol. The summed E-state index contributed by atoms with van der Waals surface area (Å²) >= 11 is 0. The van der Waals surface area contributed by atoms with Crippen molar-refractivity contribution in [1.82, 2.24) is 24.3 Å². The van der Waals surface area contributed by atoms with Crippen molar-refractivity contribution in [3.63, 3.8) is 0 Å². The third-order valence-corrected chi connectivity index (χ3v) is 9.01. The minimum atomic E-state index is -3.31. The van der Waals surface area contributed by atoms with Crippen molar-refractivity contribution >= 4 is 27.9 Å². The second-order valence-corrected chi connectivity index (χ2v) is 11.8. The van der Waals surface area contributed by atoms with E-state index in [1.54, 1.807) is 40.4 Å². The molecule has 0 bridgehead atoms. The van der Waals surface area contributed by atoms with E-state index in [2.05, 4.69) is 15.3 Å². The SMILES string of the molecule is Cc1ccc(C(CC(=O)O)c2cnc3c(nnn3C)c2C)cc1CN1CC(C)Oc2ccccc2S1(O)O. The van der Waals surface area contributed by atoms with E-state index in [1.807, 2.05) is 45.0 Å². The summed E-state index contributed by atoms with van der Waals surface area (Å²) in [5.41, 5.74) is 5.51. The Morgan fingerprint density at radius 1 is 1.21 bits per heavy atom. The number of hydrogen-bond donors (Lipinski definition) is 3. The van der Waals surface area contributed by atoms with Gasteiger partial charge in [-0.1, -0.05) is 35.5 Å². The van der Waals surface area contributed by atoms with E-state index in [0.717, 1.165) is 27.8 Å². The van der Waals surface area contributed by atoms with Gasteiger partial charge in [0, 0.05) is 25.7 Å². The molecule has 0 aliphatic carbocycles. The minimum absolute atomic E-state index is 0.131. The van der Waals surface area contributed by atoms with E-state index < -0.39 is 22.7 Å². The highest BCUT2D eigenvalue weighted by atomic mass is 32.3. The summed E-state index contributed by atoms with van der Waals surface area (Å²) in [4.78, 5) is 16.8. The molecule has 1 aliphatic rings. The van der Waals surface area contributed by atoms with Crippen molar-refractivity contribution in [1.29, 1.82) is 0 Å². The summed E-state index contributed by atoms with van der Waals surface area (Å²) in [5, 5.41) is 18.1. The zero-order chi connectivity index (χ0) is 27.2. The van der Waals surface area contributed by atoms with Gasteiger partial charge in [0.1, 0.15) is 22.3 Å². The van der Waals surface area contributed by atoms with Crippen LogP contribution in [0.1, 0.15) is 47.1 Å². The maximum Gasteiger partial charge on any atom is 0.304 e. The fraction of sp³-hybridized carbons (Fsp3) is 0.333. The number of aromatic nitrogens is 4. The predicted molar refractivity (Wildman–Crippen MR) is 144 cm³/mol. The number of hydrogen-bond acceptors (Lipinski definition) is 8. The van der Waals surface area contributed by atoms with Gasteiger partial charge in [-0.25, -0.2) is 9.67 Å². The molecule has 11 heteroatoms. The fourth-order valence-corrected chi connectivity index (χ4v) is 6.68. The first kappa shape index (κ1) is 26.1. The van der Waals surface area contributed by atoms with Gasteiger partial charge in [-0.15, -0.1) is 15.9 Å². The molecule has 3 N–H and O–H groups in total. The lowest BCUT2D eigenvalue weighted by Crippen LogP contribution is -2.33. The maximum atomic E-state index is 11.9. The van der Waals surface area contributed by atoms with Crippen LogP contribution in [0.4, 0.5) is 0 Å². The molecule has 1 aliphatic heterocycles. The van der Waals surface area contributed by atoms with Crippen LogP contribution in [0.25, 0.3) is 11.2 Å². The van der Waals surface area contributed by atoms with Crippen LogP contribution >= 0.6 is 10.8 Å². The average molecular weight is 538 g/mol. The lowest BCUT2D eigenvalue weighted by molar-refractivity contribution is -0.137. The van der Waals surface area contributed by atoms with Crippen molar-refractivity contribution in [3.05, 3.63) is 76.5 Å². The molecule has 10 nitrogen and oxygen atoms in total. The number of carbonyl (C=O) groups is 1. The Morgan fingerprint density at radius 3 is 2.74 bits per heavy atom.